The van der Waals surface area contributed by atoms with E-state index >= 15 is 0 Å². The van der Waals surface area contributed by atoms with Crippen molar-refractivity contribution in [2.75, 3.05) is 7.11 Å². The third-order valence-electron chi connectivity index (χ3n) is 4.64. The topological polar surface area (TPSA) is 86.1 Å². The number of amides is 1. The number of esters is 1. The molecule has 156 valence electrons. The number of ether oxygens (including phenoxy) is 1. The minimum Gasteiger partial charge on any atom is -0.465 e. The lowest BCUT2D eigenvalue weighted by Gasteiger charge is -2.14. The van der Waals surface area contributed by atoms with Crippen LogP contribution in [-0.4, -0.2) is 39.0 Å². The zero-order valence-electron chi connectivity index (χ0n) is 17.4. The number of hydrogen-bond donors (Lipinski definition) is 1. The zero-order chi connectivity index (χ0) is 21.7. The van der Waals surface area contributed by atoms with Crippen molar-refractivity contribution < 1.29 is 14.3 Å². The summed E-state index contributed by atoms with van der Waals surface area (Å²) in [4.78, 5) is 24.1. The van der Waals surface area contributed by atoms with Crippen molar-refractivity contribution in [2.45, 2.75) is 37.7 Å². The summed E-state index contributed by atoms with van der Waals surface area (Å²) in [5.41, 5.74) is 3.48. The molecule has 1 heterocycles. The van der Waals surface area contributed by atoms with Gasteiger partial charge in [-0.15, -0.1) is 10.2 Å². The Hall–Kier alpha value is -3.13. The predicted octanol–water partition coefficient (Wildman–Crippen LogP) is 3.47. The molecule has 0 aliphatic heterocycles. The number of carbonyl (C=O) groups excluding carboxylic acids is 2. The van der Waals surface area contributed by atoms with Crippen LogP contribution >= 0.6 is 11.8 Å². The average molecular weight is 425 g/mol. The van der Waals surface area contributed by atoms with Gasteiger partial charge in [-0.05, 0) is 50.1 Å². The Balaban J connectivity index is 1.64. The molecule has 3 rings (SSSR count). The summed E-state index contributed by atoms with van der Waals surface area (Å²) in [6.07, 6.45) is 0. The van der Waals surface area contributed by atoms with Crippen molar-refractivity contribution in [2.24, 2.45) is 0 Å². The number of nitrogens with zero attached hydrogens (tertiary/aromatic N) is 3. The quantitative estimate of drug-likeness (QED) is 0.462. The molecule has 0 bridgehead atoms. The van der Waals surface area contributed by atoms with Gasteiger partial charge in [0.05, 0.1) is 23.6 Å². The van der Waals surface area contributed by atoms with Crippen LogP contribution in [0.15, 0.2) is 53.7 Å². The summed E-state index contributed by atoms with van der Waals surface area (Å²) in [7, 11) is 1.34. The molecule has 2 aromatic carbocycles. The van der Waals surface area contributed by atoms with E-state index in [1.54, 1.807) is 24.3 Å². The average Bonchev–Trinajstić information content (AvgIpc) is 3.11. The van der Waals surface area contributed by atoms with Crippen LogP contribution < -0.4 is 5.32 Å². The smallest absolute Gasteiger partial charge is 0.337 e. The van der Waals surface area contributed by atoms with Crippen molar-refractivity contribution in [3.63, 3.8) is 0 Å². The fraction of sp³-hybridized carbons (Fsp3) is 0.273. The van der Waals surface area contributed by atoms with Crippen LogP contribution in [0.1, 0.15) is 34.2 Å². The Morgan fingerprint density at radius 1 is 1.10 bits per heavy atom. The van der Waals surface area contributed by atoms with Gasteiger partial charge in [0.15, 0.2) is 5.16 Å². The van der Waals surface area contributed by atoms with Crippen molar-refractivity contribution in [1.29, 1.82) is 0 Å². The second-order valence-corrected chi connectivity index (χ2v) is 8.13. The van der Waals surface area contributed by atoms with Gasteiger partial charge < -0.3 is 10.1 Å². The molecule has 8 heteroatoms. The molecule has 1 N–H and O–H groups in total. The first-order valence-electron chi connectivity index (χ1n) is 9.50. The van der Waals surface area contributed by atoms with Gasteiger partial charge in [-0.25, -0.2) is 4.79 Å². The van der Waals surface area contributed by atoms with E-state index in [-0.39, 0.29) is 17.1 Å². The molecule has 0 radical (unpaired) electrons. The standard InChI is InChI=1S/C22H24N4O3S/c1-14-7-5-6-8-19(14)26-16(3)24-25-22(26)30-15(2)20(27)23-13-17-9-11-18(12-10-17)21(28)29-4/h5-12,15H,13H2,1-4H3,(H,23,27). The molecule has 0 saturated carbocycles. The third-order valence-corrected chi connectivity index (χ3v) is 5.69. The first-order chi connectivity index (χ1) is 14.4. The number of aryl methyl sites for hydroxylation is 2. The van der Waals surface area contributed by atoms with E-state index in [2.05, 4.69) is 20.3 Å². The molecule has 1 amide bonds. The number of aromatic nitrogens is 3. The molecule has 7 nitrogen and oxygen atoms in total. The number of nitrogens with one attached hydrogen (secondary N) is 1. The van der Waals surface area contributed by atoms with Gasteiger partial charge >= 0.3 is 5.97 Å². The maximum Gasteiger partial charge on any atom is 0.337 e. The molecular weight excluding hydrogens is 400 g/mol. The van der Waals surface area contributed by atoms with Crippen LogP contribution in [0.25, 0.3) is 5.69 Å². The second kappa shape index (κ2) is 9.58. The van der Waals surface area contributed by atoms with Gasteiger partial charge in [-0.3, -0.25) is 9.36 Å². The molecule has 0 saturated heterocycles. The highest BCUT2D eigenvalue weighted by molar-refractivity contribution is 8.00. The van der Waals surface area contributed by atoms with Gasteiger partial charge in [0, 0.05) is 6.54 Å². The summed E-state index contributed by atoms with van der Waals surface area (Å²) in [5, 5.41) is 11.7. The summed E-state index contributed by atoms with van der Waals surface area (Å²) in [6.45, 7) is 6.14. The van der Waals surface area contributed by atoms with Crippen molar-refractivity contribution in [1.82, 2.24) is 20.1 Å². The van der Waals surface area contributed by atoms with Crippen molar-refractivity contribution in [3.05, 3.63) is 71.0 Å². The Kier molecular flexibility index (Phi) is 6.89. The SMILES string of the molecule is COC(=O)c1ccc(CNC(=O)C(C)Sc2nnc(C)n2-c2ccccc2C)cc1. The molecule has 0 fully saturated rings. The minimum absolute atomic E-state index is 0.103. The fourth-order valence-electron chi connectivity index (χ4n) is 2.93. The zero-order valence-corrected chi connectivity index (χ0v) is 18.2. The van der Waals surface area contributed by atoms with Gasteiger partial charge in [-0.1, -0.05) is 42.1 Å². The molecule has 1 unspecified atom stereocenters. The van der Waals surface area contributed by atoms with Crippen LogP contribution in [0.4, 0.5) is 0 Å². The Bertz CT molecular complexity index is 1050. The molecule has 0 aliphatic carbocycles. The molecule has 1 atom stereocenters. The van der Waals surface area contributed by atoms with E-state index in [0.717, 1.165) is 22.6 Å². The molecule has 3 aromatic rings. The lowest BCUT2D eigenvalue weighted by Crippen LogP contribution is -2.30. The van der Waals surface area contributed by atoms with E-state index in [4.69, 9.17) is 0 Å². The van der Waals surface area contributed by atoms with E-state index in [1.807, 2.05) is 49.6 Å². The normalized spacial score (nSPS) is 11.7. The minimum atomic E-state index is -0.385. The van der Waals surface area contributed by atoms with Crippen LogP contribution in [0.2, 0.25) is 0 Å². The highest BCUT2D eigenvalue weighted by atomic mass is 32.2. The Morgan fingerprint density at radius 2 is 1.80 bits per heavy atom. The van der Waals surface area contributed by atoms with E-state index in [1.165, 1.54) is 18.9 Å². The van der Waals surface area contributed by atoms with Crippen LogP contribution in [-0.2, 0) is 16.1 Å². The van der Waals surface area contributed by atoms with Gasteiger partial charge in [0.25, 0.3) is 0 Å². The highest BCUT2D eigenvalue weighted by Gasteiger charge is 2.20. The maximum absolute atomic E-state index is 12.6. The summed E-state index contributed by atoms with van der Waals surface area (Å²) in [6, 6.07) is 14.9. The molecular formula is C22H24N4O3S. The number of para-hydroxylation sites is 1. The number of methoxy groups -OCH3 is 1. The number of benzene rings is 2. The first-order valence-corrected chi connectivity index (χ1v) is 10.4. The lowest BCUT2D eigenvalue weighted by atomic mass is 10.1. The fourth-order valence-corrected chi connectivity index (χ4v) is 3.86. The van der Waals surface area contributed by atoms with Crippen molar-refractivity contribution >= 4 is 23.6 Å². The monoisotopic (exact) mass is 424 g/mol. The summed E-state index contributed by atoms with van der Waals surface area (Å²) in [5.74, 6) is 0.280. The Labute approximate surface area is 179 Å². The third kappa shape index (κ3) is 4.88. The molecule has 30 heavy (non-hydrogen) atoms. The maximum atomic E-state index is 12.6. The van der Waals surface area contributed by atoms with E-state index in [9.17, 15) is 9.59 Å². The Morgan fingerprint density at radius 3 is 2.47 bits per heavy atom. The van der Waals surface area contributed by atoms with Gasteiger partial charge in [-0.2, -0.15) is 0 Å². The second-order valence-electron chi connectivity index (χ2n) is 6.82. The summed E-state index contributed by atoms with van der Waals surface area (Å²) < 4.78 is 6.66. The van der Waals surface area contributed by atoms with Gasteiger partial charge in [0.1, 0.15) is 5.82 Å². The van der Waals surface area contributed by atoms with Crippen LogP contribution in [0.3, 0.4) is 0 Å². The number of thioether (sulfide) groups is 1. The molecule has 1 aromatic heterocycles. The van der Waals surface area contributed by atoms with Crippen LogP contribution in [0, 0.1) is 13.8 Å². The highest BCUT2D eigenvalue weighted by Crippen LogP contribution is 2.27. The first kappa shape index (κ1) is 21.6. The summed E-state index contributed by atoms with van der Waals surface area (Å²) >= 11 is 1.36. The van der Waals surface area contributed by atoms with Gasteiger partial charge in [0.2, 0.25) is 5.91 Å². The molecule has 0 spiro atoms. The number of hydrogen-bond acceptors (Lipinski definition) is 6. The van der Waals surface area contributed by atoms with Crippen molar-refractivity contribution in [3.8, 4) is 5.69 Å². The number of carbonyl (C=O) groups is 2. The van der Waals surface area contributed by atoms with E-state index in [0.29, 0.717) is 17.3 Å². The van der Waals surface area contributed by atoms with Crippen LogP contribution in [0.5, 0.6) is 0 Å². The largest absolute Gasteiger partial charge is 0.465 e. The predicted molar refractivity (Wildman–Crippen MR) is 116 cm³/mol. The van der Waals surface area contributed by atoms with E-state index < -0.39 is 0 Å². The molecule has 0 aliphatic rings. The lowest BCUT2D eigenvalue weighted by molar-refractivity contribution is -0.120. The number of rotatable bonds is 7.